The summed E-state index contributed by atoms with van der Waals surface area (Å²) in [4.78, 5) is 0. The van der Waals surface area contributed by atoms with Crippen molar-refractivity contribution in [2.45, 2.75) is 102 Å². The molecule has 4 atom stereocenters. The van der Waals surface area contributed by atoms with Crippen LogP contribution in [0.2, 0.25) is 0 Å². The molecule has 1 aliphatic heterocycles. The number of rotatable bonds is 15. The zero-order chi connectivity index (χ0) is 19.0. The highest BCUT2D eigenvalue weighted by Gasteiger charge is 2.38. The summed E-state index contributed by atoms with van der Waals surface area (Å²) < 4.78 is 10.9. The summed E-state index contributed by atoms with van der Waals surface area (Å²) in [5, 5.41) is 28.8. The molecule has 1 fully saturated rings. The van der Waals surface area contributed by atoms with E-state index in [1.54, 1.807) is 0 Å². The first-order valence-electron chi connectivity index (χ1n) is 10.5. The molecule has 0 unspecified atom stereocenters. The molecule has 5 heteroatoms. The van der Waals surface area contributed by atoms with E-state index in [4.69, 9.17) is 14.6 Å². The fourth-order valence-corrected chi connectivity index (χ4v) is 3.34. The van der Waals surface area contributed by atoms with E-state index in [2.05, 4.69) is 19.1 Å². The van der Waals surface area contributed by atoms with Crippen LogP contribution in [0.5, 0.6) is 0 Å². The van der Waals surface area contributed by atoms with E-state index in [1.807, 2.05) is 0 Å². The van der Waals surface area contributed by atoms with Crippen molar-refractivity contribution in [2.24, 2.45) is 0 Å². The number of ether oxygens (including phenoxy) is 2. The van der Waals surface area contributed by atoms with Crippen LogP contribution < -0.4 is 0 Å². The Hall–Kier alpha value is -0.460. The monoisotopic (exact) mass is 372 g/mol. The molecule has 26 heavy (non-hydrogen) atoms. The summed E-state index contributed by atoms with van der Waals surface area (Å²) in [7, 11) is 0. The molecule has 0 spiro atoms. The molecule has 3 N–H and O–H groups in total. The van der Waals surface area contributed by atoms with Crippen molar-refractivity contribution in [3.05, 3.63) is 12.2 Å². The summed E-state index contributed by atoms with van der Waals surface area (Å²) in [5.41, 5.74) is 0. The SMILES string of the molecule is C/C=C/CCCCCCCCCCCCO[C@H]1CO[C@H](CO)[C@@H](O)[C@@H]1O. The van der Waals surface area contributed by atoms with Crippen molar-refractivity contribution in [3.63, 3.8) is 0 Å². The fourth-order valence-electron chi connectivity index (χ4n) is 3.34. The predicted molar refractivity (Wildman–Crippen MR) is 104 cm³/mol. The van der Waals surface area contributed by atoms with Crippen LogP contribution in [0.15, 0.2) is 12.2 Å². The fraction of sp³-hybridized carbons (Fsp3) is 0.905. The van der Waals surface area contributed by atoms with Crippen molar-refractivity contribution in [3.8, 4) is 0 Å². The largest absolute Gasteiger partial charge is 0.394 e. The van der Waals surface area contributed by atoms with E-state index in [0.29, 0.717) is 6.61 Å². The van der Waals surface area contributed by atoms with Gasteiger partial charge in [-0.25, -0.2) is 0 Å². The van der Waals surface area contributed by atoms with Crippen molar-refractivity contribution < 1.29 is 24.8 Å². The van der Waals surface area contributed by atoms with Gasteiger partial charge in [-0.15, -0.1) is 0 Å². The molecular weight excluding hydrogens is 332 g/mol. The van der Waals surface area contributed by atoms with E-state index >= 15 is 0 Å². The third-order valence-electron chi connectivity index (χ3n) is 5.10. The zero-order valence-corrected chi connectivity index (χ0v) is 16.5. The Bertz CT molecular complexity index is 347. The maximum Gasteiger partial charge on any atom is 0.111 e. The Morgan fingerprint density at radius 3 is 2.04 bits per heavy atom. The highest BCUT2D eigenvalue weighted by atomic mass is 16.6. The summed E-state index contributed by atoms with van der Waals surface area (Å²) in [6.07, 6.45) is 15.0. The summed E-state index contributed by atoms with van der Waals surface area (Å²) in [6, 6.07) is 0. The molecule has 0 saturated carbocycles. The maximum atomic E-state index is 9.97. The van der Waals surface area contributed by atoms with Gasteiger partial charge in [-0.1, -0.05) is 63.5 Å². The molecule has 5 nitrogen and oxygen atoms in total. The van der Waals surface area contributed by atoms with Crippen LogP contribution in [0.1, 0.15) is 77.6 Å². The Morgan fingerprint density at radius 1 is 0.885 bits per heavy atom. The van der Waals surface area contributed by atoms with Gasteiger partial charge < -0.3 is 24.8 Å². The standard InChI is InChI=1S/C21H40O5/c1-2-3-4-5-6-7-8-9-10-11-12-13-14-15-25-19-17-26-18(16-22)20(23)21(19)24/h2-3,18-24H,4-17H2,1H3/b3-2+/t18-,19+,20-,21-/m1/s1. The molecule has 0 aliphatic carbocycles. The van der Waals surface area contributed by atoms with Crippen LogP contribution in [-0.4, -0.2) is 59.6 Å². The van der Waals surface area contributed by atoms with Crippen LogP contribution in [0.25, 0.3) is 0 Å². The van der Waals surface area contributed by atoms with E-state index in [1.165, 1.54) is 57.8 Å². The Labute approximate surface area is 159 Å². The van der Waals surface area contributed by atoms with Crippen LogP contribution in [-0.2, 0) is 9.47 Å². The first-order valence-corrected chi connectivity index (χ1v) is 10.5. The quantitative estimate of drug-likeness (QED) is 0.303. The topological polar surface area (TPSA) is 79.2 Å². The minimum atomic E-state index is -1.08. The van der Waals surface area contributed by atoms with Crippen molar-refractivity contribution >= 4 is 0 Å². The van der Waals surface area contributed by atoms with E-state index in [-0.39, 0.29) is 13.2 Å². The van der Waals surface area contributed by atoms with Gasteiger partial charge >= 0.3 is 0 Å². The number of hydrogen-bond acceptors (Lipinski definition) is 5. The van der Waals surface area contributed by atoms with Gasteiger partial charge in [0.2, 0.25) is 0 Å². The highest BCUT2D eigenvalue weighted by molar-refractivity contribution is 4.87. The molecule has 0 radical (unpaired) electrons. The third kappa shape index (κ3) is 10.0. The second-order valence-corrected chi connectivity index (χ2v) is 7.34. The van der Waals surface area contributed by atoms with Gasteiger partial charge in [-0.2, -0.15) is 0 Å². The predicted octanol–water partition coefficient (Wildman–Crippen LogP) is 3.35. The lowest BCUT2D eigenvalue weighted by Crippen LogP contribution is -2.55. The molecule has 154 valence electrons. The Kier molecular flexibility index (Phi) is 14.1. The molecule has 1 saturated heterocycles. The third-order valence-corrected chi connectivity index (χ3v) is 5.10. The molecule has 1 rings (SSSR count). The number of aliphatic hydroxyl groups is 3. The number of hydrogen-bond donors (Lipinski definition) is 3. The lowest BCUT2D eigenvalue weighted by atomic mass is 10.0. The second-order valence-electron chi connectivity index (χ2n) is 7.34. The Balaban J connectivity index is 1.86. The first-order chi connectivity index (χ1) is 12.7. The molecule has 0 aromatic carbocycles. The normalized spacial score (nSPS) is 26.6. The highest BCUT2D eigenvalue weighted by Crippen LogP contribution is 2.18. The van der Waals surface area contributed by atoms with Crippen molar-refractivity contribution in [1.82, 2.24) is 0 Å². The molecule has 0 amide bonds. The van der Waals surface area contributed by atoms with Crippen molar-refractivity contribution in [1.29, 1.82) is 0 Å². The lowest BCUT2D eigenvalue weighted by molar-refractivity contribution is -0.208. The summed E-state index contributed by atoms with van der Waals surface area (Å²) in [5.74, 6) is 0. The van der Waals surface area contributed by atoms with E-state index < -0.39 is 24.4 Å². The molecule has 0 bridgehead atoms. The van der Waals surface area contributed by atoms with Crippen molar-refractivity contribution in [2.75, 3.05) is 19.8 Å². The number of aliphatic hydroxyl groups excluding tert-OH is 3. The molecule has 1 aliphatic rings. The molecular formula is C21H40O5. The smallest absolute Gasteiger partial charge is 0.111 e. The van der Waals surface area contributed by atoms with Crippen LogP contribution >= 0.6 is 0 Å². The van der Waals surface area contributed by atoms with E-state index in [0.717, 1.165) is 12.8 Å². The first kappa shape index (κ1) is 23.6. The number of unbranched alkanes of at least 4 members (excludes halogenated alkanes) is 10. The minimum absolute atomic E-state index is 0.220. The number of allylic oxidation sites excluding steroid dienone is 2. The van der Waals surface area contributed by atoms with Gasteiger partial charge in [0.25, 0.3) is 0 Å². The minimum Gasteiger partial charge on any atom is -0.394 e. The average Bonchev–Trinajstić information content (AvgIpc) is 2.65. The van der Waals surface area contributed by atoms with Gasteiger partial charge in [0.05, 0.1) is 13.2 Å². The van der Waals surface area contributed by atoms with Gasteiger partial charge in [0.15, 0.2) is 0 Å². The van der Waals surface area contributed by atoms with Crippen LogP contribution in [0.4, 0.5) is 0 Å². The second kappa shape index (κ2) is 15.6. The van der Waals surface area contributed by atoms with Gasteiger partial charge in [0.1, 0.15) is 24.4 Å². The molecule has 0 aromatic heterocycles. The zero-order valence-electron chi connectivity index (χ0n) is 16.5. The average molecular weight is 373 g/mol. The van der Waals surface area contributed by atoms with E-state index in [9.17, 15) is 10.2 Å². The molecule has 1 heterocycles. The van der Waals surface area contributed by atoms with Gasteiger partial charge in [0, 0.05) is 6.61 Å². The molecule has 0 aromatic rings. The van der Waals surface area contributed by atoms with Gasteiger partial charge in [-0.05, 0) is 26.2 Å². The summed E-state index contributed by atoms with van der Waals surface area (Å²) in [6.45, 7) is 2.59. The van der Waals surface area contributed by atoms with Gasteiger partial charge in [-0.3, -0.25) is 0 Å². The maximum absolute atomic E-state index is 9.97. The Morgan fingerprint density at radius 2 is 1.46 bits per heavy atom. The van der Waals surface area contributed by atoms with Crippen LogP contribution in [0.3, 0.4) is 0 Å². The summed E-state index contributed by atoms with van der Waals surface area (Å²) >= 11 is 0. The lowest BCUT2D eigenvalue weighted by Gasteiger charge is -2.36. The van der Waals surface area contributed by atoms with Crippen LogP contribution in [0, 0.1) is 0 Å².